The van der Waals surface area contributed by atoms with Crippen molar-refractivity contribution in [3.63, 3.8) is 0 Å². The highest BCUT2D eigenvalue weighted by atomic mass is 16.2. The molecule has 0 unspecified atom stereocenters. The highest BCUT2D eigenvalue weighted by molar-refractivity contribution is 6.08. The molecule has 2 heterocycles. The van der Waals surface area contributed by atoms with Crippen molar-refractivity contribution < 1.29 is 4.79 Å². The van der Waals surface area contributed by atoms with E-state index in [0.717, 1.165) is 5.52 Å². The first-order chi connectivity index (χ1) is 10.2. The van der Waals surface area contributed by atoms with Crippen LogP contribution in [0.2, 0.25) is 0 Å². The molecule has 104 valence electrons. The molecule has 0 atom stereocenters. The molecule has 1 aromatic carbocycles. The standard InChI is InChI=1S/C15H13N5O/c1-20(14-4-5-17-9-11(14)16)15(21)10-2-3-12-13(8-10)19-7-6-18-12/h2-9H,16H2,1H3. The lowest BCUT2D eigenvalue weighted by atomic mass is 10.1. The Morgan fingerprint density at radius 2 is 1.86 bits per heavy atom. The number of rotatable bonds is 2. The number of anilines is 2. The molecular weight excluding hydrogens is 266 g/mol. The Bertz CT molecular complexity index is 818. The molecule has 0 aliphatic rings. The topological polar surface area (TPSA) is 85.0 Å². The number of nitrogens with zero attached hydrogens (tertiary/aromatic N) is 4. The van der Waals surface area contributed by atoms with Crippen molar-refractivity contribution in [2.75, 3.05) is 17.7 Å². The van der Waals surface area contributed by atoms with Crippen LogP contribution in [0, 0.1) is 0 Å². The van der Waals surface area contributed by atoms with Crippen LogP contribution in [0.5, 0.6) is 0 Å². The van der Waals surface area contributed by atoms with E-state index in [4.69, 9.17) is 5.73 Å². The first-order valence-electron chi connectivity index (χ1n) is 6.35. The molecule has 0 fully saturated rings. The maximum absolute atomic E-state index is 12.5. The van der Waals surface area contributed by atoms with Gasteiger partial charge in [0.25, 0.3) is 5.91 Å². The Kier molecular flexibility index (Phi) is 3.19. The maximum atomic E-state index is 12.5. The first-order valence-corrected chi connectivity index (χ1v) is 6.35. The van der Waals surface area contributed by atoms with E-state index in [0.29, 0.717) is 22.5 Å². The summed E-state index contributed by atoms with van der Waals surface area (Å²) in [5.41, 5.74) is 8.88. The van der Waals surface area contributed by atoms with Gasteiger partial charge in [0.2, 0.25) is 0 Å². The van der Waals surface area contributed by atoms with Crippen molar-refractivity contribution in [1.82, 2.24) is 15.0 Å². The molecule has 0 bridgehead atoms. The second-order valence-electron chi connectivity index (χ2n) is 4.56. The minimum absolute atomic E-state index is 0.166. The van der Waals surface area contributed by atoms with E-state index in [1.54, 1.807) is 49.9 Å². The van der Waals surface area contributed by atoms with Gasteiger partial charge >= 0.3 is 0 Å². The summed E-state index contributed by atoms with van der Waals surface area (Å²) in [6.07, 6.45) is 6.33. The number of pyridine rings is 1. The molecule has 0 saturated heterocycles. The number of amides is 1. The zero-order valence-electron chi connectivity index (χ0n) is 11.4. The molecule has 6 heteroatoms. The van der Waals surface area contributed by atoms with Crippen molar-refractivity contribution in [2.45, 2.75) is 0 Å². The van der Waals surface area contributed by atoms with Crippen molar-refractivity contribution in [2.24, 2.45) is 0 Å². The van der Waals surface area contributed by atoms with E-state index in [1.165, 1.54) is 11.1 Å². The van der Waals surface area contributed by atoms with Crippen LogP contribution < -0.4 is 10.6 Å². The molecule has 0 aliphatic heterocycles. The second kappa shape index (κ2) is 5.16. The number of hydrogen-bond donors (Lipinski definition) is 1. The normalized spacial score (nSPS) is 10.5. The third kappa shape index (κ3) is 2.38. The summed E-state index contributed by atoms with van der Waals surface area (Å²) in [5, 5.41) is 0. The number of carbonyl (C=O) groups excluding carboxylic acids is 1. The molecule has 0 radical (unpaired) electrons. The smallest absolute Gasteiger partial charge is 0.258 e. The summed E-state index contributed by atoms with van der Waals surface area (Å²) in [6.45, 7) is 0. The van der Waals surface area contributed by atoms with Crippen LogP contribution >= 0.6 is 0 Å². The Balaban J connectivity index is 1.98. The van der Waals surface area contributed by atoms with E-state index in [2.05, 4.69) is 15.0 Å². The third-order valence-corrected chi connectivity index (χ3v) is 3.21. The Morgan fingerprint density at radius 1 is 1.10 bits per heavy atom. The molecule has 0 saturated carbocycles. The van der Waals surface area contributed by atoms with Crippen molar-refractivity contribution in [3.8, 4) is 0 Å². The van der Waals surface area contributed by atoms with Crippen LogP contribution in [0.3, 0.4) is 0 Å². The highest BCUT2D eigenvalue weighted by Gasteiger charge is 2.16. The lowest BCUT2D eigenvalue weighted by Crippen LogP contribution is -2.27. The molecule has 2 N–H and O–H groups in total. The van der Waals surface area contributed by atoms with Crippen molar-refractivity contribution in [1.29, 1.82) is 0 Å². The van der Waals surface area contributed by atoms with Gasteiger partial charge in [-0.1, -0.05) is 0 Å². The molecule has 3 rings (SSSR count). The van der Waals surface area contributed by atoms with Crippen molar-refractivity contribution in [3.05, 3.63) is 54.6 Å². The van der Waals surface area contributed by atoms with Gasteiger partial charge in [0.1, 0.15) is 0 Å². The predicted octanol–water partition coefficient (Wildman–Crippen LogP) is 1.88. The van der Waals surface area contributed by atoms with Gasteiger partial charge in [0.15, 0.2) is 0 Å². The average molecular weight is 279 g/mol. The SMILES string of the molecule is CN(C(=O)c1ccc2nccnc2c1)c1ccncc1N. The predicted molar refractivity (Wildman–Crippen MR) is 80.9 cm³/mol. The van der Waals surface area contributed by atoms with E-state index in [9.17, 15) is 4.79 Å². The van der Waals surface area contributed by atoms with Gasteiger partial charge in [0.05, 0.1) is 28.6 Å². The fourth-order valence-corrected chi connectivity index (χ4v) is 2.10. The molecular formula is C15H13N5O. The van der Waals surface area contributed by atoms with Gasteiger partial charge in [-0.15, -0.1) is 0 Å². The molecule has 2 aromatic heterocycles. The number of aromatic nitrogens is 3. The maximum Gasteiger partial charge on any atom is 0.258 e. The molecule has 3 aromatic rings. The number of nitrogens with two attached hydrogens (primary N) is 1. The number of carbonyl (C=O) groups is 1. The molecule has 0 aliphatic carbocycles. The van der Waals surface area contributed by atoms with Gasteiger partial charge in [-0.2, -0.15) is 0 Å². The zero-order valence-corrected chi connectivity index (χ0v) is 11.4. The number of nitrogen functional groups attached to an aromatic ring is 1. The average Bonchev–Trinajstić information content (AvgIpc) is 2.53. The second-order valence-corrected chi connectivity index (χ2v) is 4.56. The third-order valence-electron chi connectivity index (χ3n) is 3.21. The summed E-state index contributed by atoms with van der Waals surface area (Å²) < 4.78 is 0. The lowest BCUT2D eigenvalue weighted by Gasteiger charge is -2.18. The van der Waals surface area contributed by atoms with Crippen LogP contribution in [-0.4, -0.2) is 27.9 Å². The van der Waals surface area contributed by atoms with Crippen molar-refractivity contribution >= 4 is 28.3 Å². The molecule has 0 spiro atoms. The highest BCUT2D eigenvalue weighted by Crippen LogP contribution is 2.22. The van der Waals surface area contributed by atoms with Gasteiger partial charge < -0.3 is 10.6 Å². The van der Waals surface area contributed by atoms with Gasteiger partial charge in [-0.3, -0.25) is 19.7 Å². The largest absolute Gasteiger partial charge is 0.396 e. The van der Waals surface area contributed by atoms with Crippen LogP contribution in [-0.2, 0) is 0 Å². The van der Waals surface area contributed by atoms with Crippen LogP contribution in [0.4, 0.5) is 11.4 Å². The van der Waals surface area contributed by atoms with Gasteiger partial charge in [0, 0.05) is 31.2 Å². The quantitative estimate of drug-likeness (QED) is 0.774. The fourth-order valence-electron chi connectivity index (χ4n) is 2.10. The Labute approximate surface area is 121 Å². The Hall–Kier alpha value is -3.02. The number of fused-ring (bicyclic) bond motifs is 1. The van der Waals surface area contributed by atoms with E-state index < -0.39 is 0 Å². The van der Waals surface area contributed by atoms with E-state index in [-0.39, 0.29) is 5.91 Å². The van der Waals surface area contributed by atoms with E-state index >= 15 is 0 Å². The fraction of sp³-hybridized carbons (Fsp3) is 0.0667. The summed E-state index contributed by atoms with van der Waals surface area (Å²) in [7, 11) is 1.68. The zero-order chi connectivity index (χ0) is 14.8. The Morgan fingerprint density at radius 3 is 2.62 bits per heavy atom. The summed E-state index contributed by atoms with van der Waals surface area (Å²) >= 11 is 0. The summed E-state index contributed by atoms with van der Waals surface area (Å²) in [6, 6.07) is 6.93. The van der Waals surface area contributed by atoms with Gasteiger partial charge in [-0.05, 0) is 24.3 Å². The number of hydrogen-bond acceptors (Lipinski definition) is 5. The minimum atomic E-state index is -0.166. The monoisotopic (exact) mass is 279 g/mol. The molecule has 6 nitrogen and oxygen atoms in total. The molecule has 1 amide bonds. The van der Waals surface area contributed by atoms with E-state index in [1.807, 2.05) is 0 Å². The van der Waals surface area contributed by atoms with Crippen LogP contribution in [0.25, 0.3) is 11.0 Å². The first kappa shape index (κ1) is 13.0. The van der Waals surface area contributed by atoms with Crippen LogP contribution in [0.15, 0.2) is 49.1 Å². The summed E-state index contributed by atoms with van der Waals surface area (Å²) in [5.74, 6) is -0.166. The lowest BCUT2D eigenvalue weighted by molar-refractivity contribution is 0.0993. The summed E-state index contributed by atoms with van der Waals surface area (Å²) in [4.78, 5) is 26.3. The van der Waals surface area contributed by atoms with Gasteiger partial charge in [-0.25, -0.2) is 0 Å². The minimum Gasteiger partial charge on any atom is -0.396 e. The number of benzene rings is 1. The van der Waals surface area contributed by atoms with Crippen LogP contribution in [0.1, 0.15) is 10.4 Å². The molecule has 21 heavy (non-hydrogen) atoms.